The van der Waals surface area contributed by atoms with Gasteiger partial charge in [-0.2, -0.15) is 0 Å². The molecule has 0 bridgehead atoms. The standard InChI is InChI=1S/C10H21NO2/c1-3-4-5-7-10(12)11-8-6-9-13-2/h3-9H2,1-2H3,(H,11,12). The van der Waals surface area contributed by atoms with Crippen molar-refractivity contribution in [1.29, 1.82) is 0 Å². The molecule has 0 spiro atoms. The number of hydrogen-bond acceptors (Lipinski definition) is 2. The maximum Gasteiger partial charge on any atom is 0.219 e. The van der Waals surface area contributed by atoms with E-state index in [0.29, 0.717) is 6.42 Å². The second-order valence-electron chi connectivity index (χ2n) is 3.15. The predicted molar refractivity (Wildman–Crippen MR) is 53.6 cm³/mol. The molecule has 0 aromatic heterocycles. The number of carbonyl (C=O) groups is 1. The number of rotatable bonds is 8. The van der Waals surface area contributed by atoms with Crippen LogP contribution in [0.2, 0.25) is 0 Å². The highest BCUT2D eigenvalue weighted by atomic mass is 16.5. The van der Waals surface area contributed by atoms with Gasteiger partial charge in [-0.3, -0.25) is 4.79 Å². The number of nitrogens with one attached hydrogen (secondary N) is 1. The summed E-state index contributed by atoms with van der Waals surface area (Å²) in [4.78, 5) is 11.1. The minimum Gasteiger partial charge on any atom is -0.385 e. The van der Waals surface area contributed by atoms with E-state index in [4.69, 9.17) is 4.74 Å². The summed E-state index contributed by atoms with van der Waals surface area (Å²) in [5.74, 6) is 0.171. The lowest BCUT2D eigenvalue weighted by Gasteiger charge is -2.03. The van der Waals surface area contributed by atoms with Crippen LogP contribution in [-0.4, -0.2) is 26.2 Å². The van der Waals surface area contributed by atoms with Gasteiger partial charge in [-0.1, -0.05) is 19.8 Å². The van der Waals surface area contributed by atoms with Crippen molar-refractivity contribution in [1.82, 2.24) is 5.32 Å². The van der Waals surface area contributed by atoms with Gasteiger partial charge in [0, 0.05) is 26.7 Å². The summed E-state index contributed by atoms with van der Waals surface area (Å²) in [7, 11) is 1.67. The van der Waals surface area contributed by atoms with E-state index in [2.05, 4.69) is 12.2 Å². The fraction of sp³-hybridized carbons (Fsp3) is 0.900. The van der Waals surface area contributed by atoms with E-state index in [-0.39, 0.29) is 5.91 Å². The Hall–Kier alpha value is -0.570. The Bertz CT molecular complexity index is 126. The maximum atomic E-state index is 11.1. The van der Waals surface area contributed by atoms with E-state index >= 15 is 0 Å². The van der Waals surface area contributed by atoms with Crippen molar-refractivity contribution in [2.24, 2.45) is 0 Å². The summed E-state index contributed by atoms with van der Waals surface area (Å²) >= 11 is 0. The highest BCUT2D eigenvalue weighted by molar-refractivity contribution is 5.75. The monoisotopic (exact) mass is 187 g/mol. The molecular formula is C10H21NO2. The molecule has 0 rings (SSSR count). The molecule has 78 valence electrons. The van der Waals surface area contributed by atoms with Gasteiger partial charge in [-0.25, -0.2) is 0 Å². The van der Waals surface area contributed by atoms with Crippen LogP contribution < -0.4 is 5.32 Å². The van der Waals surface area contributed by atoms with Gasteiger partial charge in [-0.05, 0) is 12.8 Å². The molecule has 0 aliphatic heterocycles. The summed E-state index contributed by atoms with van der Waals surface area (Å²) in [6.45, 7) is 3.59. The normalized spacial score (nSPS) is 10.0. The number of methoxy groups -OCH3 is 1. The number of hydrogen-bond donors (Lipinski definition) is 1. The molecule has 0 saturated heterocycles. The van der Waals surface area contributed by atoms with Gasteiger partial charge < -0.3 is 10.1 Å². The first-order valence-electron chi connectivity index (χ1n) is 5.07. The van der Waals surface area contributed by atoms with E-state index < -0.39 is 0 Å². The lowest BCUT2D eigenvalue weighted by Crippen LogP contribution is -2.24. The molecule has 0 aliphatic rings. The molecule has 1 amide bonds. The van der Waals surface area contributed by atoms with Crippen molar-refractivity contribution in [3.8, 4) is 0 Å². The number of unbranched alkanes of at least 4 members (excludes halogenated alkanes) is 2. The Labute approximate surface area is 80.8 Å². The van der Waals surface area contributed by atoms with Crippen molar-refractivity contribution in [2.75, 3.05) is 20.3 Å². The third kappa shape index (κ3) is 9.34. The highest BCUT2D eigenvalue weighted by Crippen LogP contribution is 1.97. The topological polar surface area (TPSA) is 38.3 Å². The first-order valence-corrected chi connectivity index (χ1v) is 5.07. The molecule has 0 heterocycles. The Morgan fingerprint density at radius 1 is 1.31 bits per heavy atom. The van der Waals surface area contributed by atoms with Crippen molar-refractivity contribution in [3.05, 3.63) is 0 Å². The van der Waals surface area contributed by atoms with Crippen molar-refractivity contribution in [2.45, 2.75) is 39.0 Å². The molecule has 1 N–H and O–H groups in total. The van der Waals surface area contributed by atoms with Crippen LogP contribution in [0.5, 0.6) is 0 Å². The Morgan fingerprint density at radius 3 is 2.69 bits per heavy atom. The Morgan fingerprint density at radius 2 is 2.08 bits per heavy atom. The van der Waals surface area contributed by atoms with Gasteiger partial charge in [0.05, 0.1) is 0 Å². The smallest absolute Gasteiger partial charge is 0.219 e. The lowest BCUT2D eigenvalue weighted by molar-refractivity contribution is -0.121. The van der Waals surface area contributed by atoms with Crippen LogP contribution in [0.3, 0.4) is 0 Å². The van der Waals surface area contributed by atoms with E-state index in [9.17, 15) is 4.79 Å². The third-order valence-corrected chi connectivity index (χ3v) is 1.85. The van der Waals surface area contributed by atoms with Gasteiger partial charge in [-0.15, -0.1) is 0 Å². The molecule has 3 nitrogen and oxygen atoms in total. The fourth-order valence-corrected chi connectivity index (χ4v) is 1.07. The molecule has 13 heavy (non-hydrogen) atoms. The second kappa shape index (κ2) is 9.52. The molecular weight excluding hydrogens is 166 g/mol. The van der Waals surface area contributed by atoms with Gasteiger partial charge in [0.2, 0.25) is 5.91 Å². The molecule has 0 aromatic carbocycles. The quantitative estimate of drug-likeness (QED) is 0.588. The molecule has 3 heteroatoms. The molecule has 0 saturated carbocycles. The third-order valence-electron chi connectivity index (χ3n) is 1.85. The predicted octanol–water partition coefficient (Wildman–Crippen LogP) is 1.72. The van der Waals surface area contributed by atoms with Crippen LogP contribution in [0.25, 0.3) is 0 Å². The summed E-state index contributed by atoms with van der Waals surface area (Å²) < 4.78 is 4.87. The minimum atomic E-state index is 0.171. The van der Waals surface area contributed by atoms with Gasteiger partial charge in [0.1, 0.15) is 0 Å². The number of ether oxygens (including phenoxy) is 1. The van der Waals surface area contributed by atoms with Crippen molar-refractivity contribution < 1.29 is 9.53 Å². The minimum absolute atomic E-state index is 0.171. The summed E-state index contributed by atoms with van der Waals surface area (Å²) in [6, 6.07) is 0. The van der Waals surface area contributed by atoms with Gasteiger partial charge in [0.25, 0.3) is 0 Å². The Balaban J connectivity index is 3.11. The summed E-state index contributed by atoms with van der Waals surface area (Å²) in [5, 5.41) is 2.86. The van der Waals surface area contributed by atoms with Gasteiger partial charge in [0.15, 0.2) is 0 Å². The fourth-order valence-electron chi connectivity index (χ4n) is 1.07. The zero-order chi connectivity index (χ0) is 9.94. The first kappa shape index (κ1) is 12.4. The first-order chi connectivity index (χ1) is 6.31. The molecule has 0 atom stereocenters. The van der Waals surface area contributed by atoms with Crippen LogP contribution in [-0.2, 0) is 9.53 Å². The Kier molecular flexibility index (Phi) is 9.10. The van der Waals surface area contributed by atoms with Crippen LogP contribution in [0.1, 0.15) is 39.0 Å². The lowest BCUT2D eigenvalue weighted by atomic mass is 10.2. The number of carbonyl (C=O) groups excluding carboxylic acids is 1. The molecule has 0 radical (unpaired) electrons. The average Bonchev–Trinajstić information content (AvgIpc) is 2.13. The molecule has 0 aliphatic carbocycles. The van der Waals surface area contributed by atoms with Crippen molar-refractivity contribution >= 4 is 5.91 Å². The van der Waals surface area contributed by atoms with E-state index in [1.807, 2.05) is 0 Å². The maximum absolute atomic E-state index is 11.1. The molecule has 0 aromatic rings. The second-order valence-corrected chi connectivity index (χ2v) is 3.15. The summed E-state index contributed by atoms with van der Waals surface area (Å²) in [5.41, 5.74) is 0. The van der Waals surface area contributed by atoms with E-state index in [1.165, 1.54) is 0 Å². The summed E-state index contributed by atoms with van der Waals surface area (Å²) in [6.07, 6.45) is 4.88. The van der Waals surface area contributed by atoms with Gasteiger partial charge >= 0.3 is 0 Å². The molecule has 0 unspecified atom stereocenters. The van der Waals surface area contributed by atoms with E-state index in [0.717, 1.165) is 38.8 Å². The molecule has 0 fully saturated rings. The zero-order valence-electron chi connectivity index (χ0n) is 8.77. The van der Waals surface area contributed by atoms with Crippen molar-refractivity contribution in [3.63, 3.8) is 0 Å². The van der Waals surface area contributed by atoms with Crippen LogP contribution in [0.15, 0.2) is 0 Å². The highest BCUT2D eigenvalue weighted by Gasteiger charge is 1.98. The van der Waals surface area contributed by atoms with E-state index in [1.54, 1.807) is 7.11 Å². The average molecular weight is 187 g/mol. The number of amides is 1. The van der Waals surface area contributed by atoms with Crippen LogP contribution in [0.4, 0.5) is 0 Å². The zero-order valence-corrected chi connectivity index (χ0v) is 8.77. The SMILES string of the molecule is CCCCCC(=O)NCCCOC. The van der Waals surface area contributed by atoms with Crippen LogP contribution >= 0.6 is 0 Å². The largest absolute Gasteiger partial charge is 0.385 e. The van der Waals surface area contributed by atoms with Crippen LogP contribution in [0, 0.1) is 0 Å².